The van der Waals surface area contributed by atoms with E-state index in [4.69, 9.17) is 28.3 Å². The van der Waals surface area contributed by atoms with Crippen LogP contribution < -0.4 is 16.0 Å². The van der Waals surface area contributed by atoms with Crippen LogP contribution in [0.15, 0.2) is 60.7 Å². The van der Waals surface area contributed by atoms with E-state index >= 15 is 0 Å². The molecule has 3 aromatic carbocycles. The summed E-state index contributed by atoms with van der Waals surface area (Å²) in [6.07, 6.45) is -0.606. The SMILES string of the molecule is O=C(NCC[C@H](O)CO)[C@@H]1N[C@H](Cc2ccccc2)[C@]2(C(=O)Nc3cc(Cl)c(F)cc32)[C@H]1c1ccc(F)c(Cl)c1. The molecule has 2 amide bonds. The second-order valence-electron chi connectivity index (χ2n) is 10.1. The largest absolute Gasteiger partial charge is 0.394 e. The molecule has 7 nitrogen and oxygen atoms in total. The molecule has 2 aliphatic rings. The average Bonchev–Trinajstić information content (AvgIpc) is 3.41. The van der Waals surface area contributed by atoms with Crippen LogP contribution in [0.5, 0.6) is 0 Å². The molecular weight excluding hydrogens is 563 g/mol. The summed E-state index contributed by atoms with van der Waals surface area (Å²) in [5.41, 5.74) is 0.414. The minimum atomic E-state index is -1.51. The topological polar surface area (TPSA) is 111 Å². The van der Waals surface area contributed by atoms with Crippen LogP contribution in [0, 0.1) is 11.6 Å². The second-order valence-corrected chi connectivity index (χ2v) is 10.9. The number of hydrogen-bond acceptors (Lipinski definition) is 5. The van der Waals surface area contributed by atoms with E-state index in [1.807, 2.05) is 30.3 Å². The van der Waals surface area contributed by atoms with Crippen molar-refractivity contribution in [1.29, 1.82) is 0 Å². The van der Waals surface area contributed by atoms with Crippen molar-refractivity contribution in [2.45, 2.75) is 42.4 Å². The number of nitrogens with one attached hydrogen (secondary N) is 3. The first-order valence-corrected chi connectivity index (χ1v) is 13.5. The van der Waals surface area contributed by atoms with Crippen molar-refractivity contribution >= 4 is 40.7 Å². The molecule has 0 aliphatic carbocycles. The number of rotatable bonds is 8. The highest BCUT2D eigenvalue weighted by atomic mass is 35.5. The summed E-state index contributed by atoms with van der Waals surface area (Å²) in [6, 6.07) is 14.2. The van der Waals surface area contributed by atoms with Crippen molar-refractivity contribution in [2.75, 3.05) is 18.5 Å². The van der Waals surface area contributed by atoms with Crippen molar-refractivity contribution in [1.82, 2.24) is 10.6 Å². The van der Waals surface area contributed by atoms with Crippen molar-refractivity contribution in [3.63, 3.8) is 0 Å². The Kier molecular flexibility index (Phi) is 8.13. The third-order valence-electron chi connectivity index (χ3n) is 7.74. The molecule has 210 valence electrons. The van der Waals surface area contributed by atoms with E-state index in [0.717, 1.165) is 5.56 Å². The Bertz CT molecular complexity index is 1440. The Balaban J connectivity index is 1.68. The maximum Gasteiger partial charge on any atom is 0.237 e. The van der Waals surface area contributed by atoms with Crippen LogP contribution in [0.1, 0.15) is 29.0 Å². The van der Waals surface area contributed by atoms with E-state index < -0.39 is 59.6 Å². The van der Waals surface area contributed by atoms with E-state index in [1.165, 1.54) is 30.3 Å². The zero-order chi connectivity index (χ0) is 28.6. The lowest BCUT2D eigenvalue weighted by Gasteiger charge is -2.35. The fourth-order valence-corrected chi connectivity index (χ4v) is 6.29. The van der Waals surface area contributed by atoms with Crippen LogP contribution in [0.3, 0.4) is 0 Å². The first-order valence-electron chi connectivity index (χ1n) is 12.8. The molecule has 2 heterocycles. The number of halogens is 4. The predicted octanol–water partition coefficient (Wildman–Crippen LogP) is 3.69. The zero-order valence-corrected chi connectivity index (χ0v) is 22.6. The molecule has 5 rings (SSSR count). The molecule has 0 aromatic heterocycles. The molecule has 40 heavy (non-hydrogen) atoms. The minimum Gasteiger partial charge on any atom is -0.394 e. The summed E-state index contributed by atoms with van der Waals surface area (Å²) in [6.45, 7) is -0.402. The second kappa shape index (κ2) is 11.4. The molecule has 0 unspecified atom stereocenters. The fraction of sp³-hybridized carbons (Fsp3) is 0.310. The van der Waals surface area contributed by atoms with Gasteiger partial charge >= 0.3 is 0 Å². The number of fused-ring (bicyclic) bond motifs is 2. The lowest BCUT2D eigenvalue weighted by Crippen LogP contribution is -2.49. The van der Waals surface area contributed by atoms with Crippen molar-refractivity contribution < 1.29 is 28.6 Å². The van der Waals surface area contributed by atoms with Crippen molar-refractivity contribution in [3.8, 4) is 0 Å². The van der Waals surface area contributed by atoms with Gasteiger partial charge in [-0.05, 0) is 53.8 Å². The monoisotopic (exact) mass is 589 g/mol. The van der Waals surface area contributed by atoms with Gasteiger partial charge < -0.3 is 26.2 Å². The van der Waals surface area contributed by atoms with Crippen LogP contribution in [0.2, 0.25) is 10.0 Å². The summed E-state index contributed by atoms with van der Waals surface area (Å²) in [5, 5.41) is 27.4. The number of amides is 2. The number of carbonyl (C=O) groups excluding carboxylic acids is 2. The summed E-state index contributed by atoms with van der Waals surface area (Å²) in [4.78, 5) is 27.8. The fourth-order valence-electron chi connectivity index (χ4n) is 5.94. The molecule has 1 saturated heterocycles. The van der Waals surface area contributed by atoms with Crippen LogP contribution in [0.25, 0.3) is 0 Å². The molecular formula is C29H27Cl2F2N3O4. The van der Waals surface area contributed by atoms with Gasteiger partial charge in [0.2, 0.25) is 11.8 Å². The van der Waals surface area contributed by atoms with Crippen molar-refractivity contribution in [2.24, 2.45) is 0 Å². The van der Waals surface area contributed by atoms with Gasteiger partial charge in [-0.1, -0.05) is 59.6 Å². The Morgan fingerprint density at radius 2 is 1.77 bits per heavy atom. The van der Waals surface area contributed by atoms with Gasteiger partial charge in [0.25, 0.3) is 0 Å². The third-order valence-corrected chi connectivity index (χ3v) is 8.32. The van der Waals surface area contributed by atoms with Crippen LogP contribution >= 0.6 is 23.2 Å². The third kappa shape index (κ3) is 4.97. The quantitative estimate of drug-likeness (QED) is 0.275. The highest BCUT2D eigenvalue weighted by Crippen LogP contribution is 2.56. The number of hydrogen-bond donors (Lipinski definition) is 5. The highest BCUT2D eigenvalue weighted by Gasteiger charge is 2.65. The van der Waals surface area contributed by atoms with Gasteiger partial charge in [0.15, 0.2) is 0 Å². The Morgan fingerprint density at radius 1 is 1.05 bits per heavy atom. The van der Waals surface area contributed by atoms with Gasteiger partial charge in [-0.25, -0.2) is 8.78 Å². The summed E-state index contributed by atoms with van der Waals surface area (Å²) in [7, 11) is 0. The van der Waals surface area contributed by atoms with E-state index in [9.17, 15) is 23.5 Å². The number of anilines is 1. The molecule has 3 aromatic rings. The van der Waals surface area contributed by atoms with E-state index in [-0.39, 0.29) is 23.0 Å². The van der Waals surface area contributed by atoms with E-state index in [1.54, 1.807) is 0 Å². The first-order chi connectivity index (χ1) is 19.2. The van der Waals surface area contributed by atoms with Gasteiger partial charge in [0.05, 0.1) is 28.8 Å². The number of benzene rings is 3. The molecule has 11 heteroatoms. The molecule has 2 aliphatic heterocycles. The molecule has 0 bridgehead atoms. The van der Waals surface area contributed by atoms with Crippen LogP contribution in [0.4, 0.5) is 14.5 Å². The van der Waals surface area contributed by atoms with Crippen LogP contribution in [-0.4, -0.2) is 53.4 Å². The van der Waals surface area contributed by atoms with Crippen LogP contribution in [-0.2, 0) is 21.4 Å². The lowest BCUT2D eigenvalue weighted by molar-refractivity contribution is -0.123. The smallest absolute Gasteiger partial charge is 0.237 e. The zero-order valence-electron chi connectivity index (χ0n) is 21.1. The number of aliphatic hydroxyl groups excluding tert-OH is 2. The maximum atomic E-state index is 15.0. The Hall–Kier alpha value is -3.08. The molecule has 0 radical (unpaired) electrons. The normalized spacial score (nSPS) is 24.1. The van der Waals surface area contributed by atoms with Crippen molar-refractivity contribution in [3.05, 3.63) is 99.0 Å². The number of aliphatic hydroxyl groups is 2. The van der Waals surface area contributed by atoms with E-state index in [2.05, 4.69) is 16.0 Å². The summed E-state index contributed by atoms with van der Waals surface area (Å²) in [5.74, 6) is -3.28. The first kappa shape index (κ1) is 28.4. The maximum absolute atomic E-state index is 15.0. The molecule has 1 fully saturated rings. The molecule has 0 saturated carbocycles. The standard InChI is InChI=1S/C29H27Cl2F2N3O4/c30-19-11-16(6-7-21(19)32)25-26(27(39)34-9-8-17(38)14-37)36-24(10-15-4-2-1-3-5-15)29(25)18-12-22(33)20(31)13-23(18)35-28(29)40/h1-7,11-13,17,24-26,36-38H,8-10,14H2,(H,34,39)(H,35,40)/t17-,24+,25-,26+,29-/m0/s1. The molecule has 5 N–H and O–H groups in total. The minimum absolute atomic E-state index is 0.0546. The molecule has 5 atom stereocenters. The Labute approximate surface area is 239 Å². The number of carbonyl (C=O) groups is 2. The molecule has 1 spiro atoms. The lowest BCUT2D eigenvalue weighted by atomic mass is 9.63. The van der Waals surface area contributed by atoms with Gasteiger partial charge in [-0.15, -0.1) is 0 Å². The highest BCUT2D eigenvalue weighted by molar-refractivity contribution is 6.31. The van der Waals surface area contributed by atoms with E-state index in [0.29, 0.717) is 23.2 Å². The average molecular weight is 590 g/mol. The predicted molar refractivity (Wildman–Crippen MR) is 147 cm³/mol. The van der Waals surface area contributed by atoms with Gasteiger partial charge in [0.1, 0.15) is 17.0 Å². The Morgan fingerprint density at radius 3 is 2.48 bits per heavy atom. The summed E-state index contributed by atoms with van der Waals surface area (Å²) >= 11 is 12.2. The van der Waals surface area contributed by atoms with Gasteiger partial charge in [-0.3, -0.25) is 9.59 Å². The van der Waals surface area contributed by atoms with Gasteiger partial charge in [0, 0.05) is 24.2 Å². The van der Waals surface area contributed by atoms with Gasteiger partial charge in [-0.2, -0.15) is 0 Å². The summed E-state index contributed by atoms with van der Waals surface area (Å²) < 4.78 is 29.2.